The Labute approximate surface area is 56.4 Å². The summed E-state index contributed by atoms with van der Waals surface area (Å²) in [6.45, 7) is 4.14. The third kappa shape index (κ3) is 1.15. The summed E-state index contributed by atoms with van der Waals surface area (Å²) in [7, 11) is 0. The number of carbonyl (C=O) groups excluding carboxylic acids is 1. The third-order valence-electron chi connectivity index (χ3n) is 2.33. The number of rotatable bonds is 1. The standard InChI is InChI=1S/C8H14O/c1-3-7-5-4-6(2)8(7)9/h6-7H,3-5H2,1-2H3. The van der Waals surface area contributed by atoms with Crippen molar-refractivity contribution in [1.82, 2.24) is 0 Å². The molecule has 1 heteroatoms. The number of Topliss-reactive ketones (excluding diaryl/α,β-unsaturated/α-hetero) is 1. The molecule has 0 spiro atoms. The number of hydrogen-bond acceptors (Lipinski definition) is 1. The molecule has 0 aliphatic heterocycles. The molecule has 1 aliphatic rings. The van der Waals surface area contributed by atoms with Crippen molar-refractivity contribution in [2.75, 3.05) is 0 Å². The average Bonchev–Trinajstić information content (AvgIpc) is 2.15. The highest BCUT2D eigenvalue weighted by Crippen LogP contribution is 2.28. The molecule has 1 saturated carbocycles. The van der Waals surface area contributed by atoms with E-state index < -0.39 is 0 Å². The van der Waals surface area contributed by atoms with Gasteiger partial charge in [-0.15, -0.1) is 0 Å². The molecule has 1 nitrogen and oxygen atoms in total. The molecule has 0 saturated heterocycles. The molecule has 1 aliphatic carbocycles. The minimum atomic E-state index is 0.356. The van der Waals surface area contributed by atoms with Crippen LogP contribution in [-0.4, -0.2) is 5.78 Å². The van der Waals surface area contributed by atoms with E-state index in [2.05, 4.69) is 6.92 Å². The van der Waals surface area contributed by atoms with Gasteiger partial charge >= 0.3 is 0 Å². The molecule has 0 amide bonds. The summed E-state index contributed by atoms with van der Waals surface area (Å²) in [5.41, 5.74) is 0. The molecule has 0 heterocycles. The van der Waals surface area contributed by atoms with Gasteiger partial charge in [0.15, 0.2) is 0 Å². The van der Waals surface area contributed by atoms with Crippen LogP contribution in [0.1, 0.15) is 33.1 Å². The second-order valence-electron chi connectivity index (χ2n) is 2.99. The van der Waals surface area contributed by atoms with Gasteiger partial charge in [-0.3, -0.25) is 4.79 Å². The summed E-state index contributed by atoms with van der Waals surface area (Å²) in [5.74, 6) is 1.26. The fourth-order valence-electron chi connectivity index (χ4n) is 1.54. The Morgan fingerprint density at radius 1 is 1.56 bits per heavy atom. The van der Waals surface area contributed by atoms with Crippen molar-refractivity contribution >= 4 is 5.78 Å². The van der Waals surface area contributed by atoms with Crippen LogP contribution in [0, 0.1) is 11.8 Å². The van der Waals surface area contributed by atoms with Crippen LogP contribution in [0.4, 0.5) is 0 Å². The maximum atomic E-state index is 11.1. The second kappa shape index (κ2) is 2.51. The molecule has 0 aromatic heterocycles. The molecule has 2 atom stereocenters. The maximum absolute atomic E-state index is 11.1. The van der Waals surface area contributed by atoms with E-state index in [0.717, 1.165) is 19.3 Å². The number of hydrogen-bond donors (Lipinski definition) is 0. The fourth-order valence-corrected chi connectivity index (χ4v) is 1.54. The highest BCUT2D eigenvalue weighted by atomic mass is 16.1. The van der Waals surface area contributed by atoms with Crippen molar-refractivity contribution in [3.8, 4) is 0 Å². The highest BCUT2D eigenvalue weighted by molar-refractivity contribution is 5.84. The molecule has 0 aromatic rings. The molecule has 0 bridgehead atoms. The molecule has 0 aromatic carbocycles. The lowest BCUT2D eigenvalue weighted by Crippen LogP contribution is -2.09. The van der Waals surface area contributed by atoms with E-state index in [9.17, 15) is 4.79 Å². The van der Waals surface area contributed by atoms with Gasteiger partial charge in [0.2, 0.25) is 0 Å². The SMILES string of the molecule is CCC1CCC(C)C1=O. The van der Waals surface area contributed by atoms with Gasteiger partial charge < -0.3 is 0 Å². The summed E-state index contributed by atoms with van der Waals surface area (Å²) < 4.78 is 0. The lowest BCUT2D eigenvalue weighted by atomic mass is 10.0. The first-order valence-corrected chi connectivity index (χ1v) is 3.79. The van der Waals surface area contributed by atoms with Gasteiger partial charge in [0.25, 0.3) is 0 Å². The van der Waals surface area contributed by atoms with Crippen molar-refractivity contribution in [3.05, 3.63) is 0 Å². The molecule has 1 rings (SSSR count). The Morgan fingerprint density at radius 2 is 2.22 bits per heavy atom. The number of carbonyl (C=O) groups is 1. The monoisotopic (exact) mass is 126 g/mol. The number of ketones is 1. The van der Waals surface area contributed by atoms with Gasteiger partial charge in [-0.2, -0.15) is 0 Å². The van der Waals surface area contributed by atoms with Crippen LogP contribution < -0.4 is 0 Å². The Bertz CT molecular complexity index is 118. The minimum absolute atomic E-state index is 0.356. The van der Waals surface area contributed by atoms with Gasteiger partial charge in [-0.1, -0.05) is 13.8 Å². The maximum Gasteiger partial charge on any atom is 0.138 e. The summed E-state index contributed by atoms with van der Waals surface area (Å²) >= 11 is 0. The van der Waals surface area contributed by atoms with Gasteiger partial charge in [0, 0.05) is 11.8 Å². The summed E-state index contributed by atoms with van der Waals surface area (Å²) in [4.78, 5) is 11.1. The first kappa shape index (κ1) is 6.79. The van der Waals surface area contributed by atoms with Crippen LogP contribution in [-0.2, 0) is 4.79 Å². The fraction of sp³-hybridized carbons (Fsp3) is 0.875. The Kier molecular flexibility index (Phi) is 1.89. The Morgan fingerprint density at radius 3 is 2.44 bits per heavy atom. The predicted octanol–water partition coefficient (Wildman–Crippen LogP) is 2.01. The molecule has 1 fully saturated rings. The highest BCUT2D eigenvalue weighted by Gasteiger charge is 2.28. The second-order valence-corrected chi connectivity index (χ2v) is 2.99. The van der Waals surface area contributed by atoms with E-state index in [1.54, 1.807) is 0 Å². The van der Waals surface area contributed by atoms with Crippen molar-refractivity contribution in [2.24, 2.45) is 11.8 Å². The molecule has 52 valence electrons. The average molecular weight is 126 g/mol. The lowest BCUT2D eigenvalue weighted by molar-refractivity contribution is -0.123. The van der Waals surface area contributed by atoms with Crippen molar-refractivity contribution in [2.45, 2.75) is 33.1 Å². The molecule has 2 unspecified atom stereocenters. The largest absolute Gasteiger partial charge is 0.299 e. The molecule has 0 N–H and O–H groups in total. The smallest absolute Gasteiger partial charge is 0.138 e. The van der Waals surface area contributed by atoms with Crippen molar-refractivity contribution in [1.29, 1.82) is 0 Å². The summed E-state index contributed by atoms with van der Waals surface area (Å²) in [6, 6.07) is 0. The van der Waals surface area contributed by atoms with Crippen LogP contribution in [0.15, 0.2) is 0 Å². The van der Waals surface area contributed by atoms with Crippen LogP contribution in [0.5, 0.6) is 0 Å². The van der Waals surface area contributed by atoms with Crippen molar-refractivity contribution < 1.29 is 4.79 Å². The van der Waals surface area contributed by atoms with Crippen LogP contribution in [0.2, 0.25) is 0 Å². The molecule has 0 radical (unpaired) electrons. The van der Waals surface area contributed by atoms with Crippen LogP contribution in [0.3, 0.4) is 0 Å². The van der Waals surface area contributed by atoms with Gasteiger partial charge in [0.1, 0.15) is 5.78 Å². The predicted molar refractivity (Wildman–Crippen MR) is 37.2 cm³/mol. The van der Waals surface area contributed by atoms with Gasteiger partial charge in [-0.25, -0.2) is 0 Å². The summed E-state index contributed by atoms with van der Waals surface area (Å²) in [6.07, 6.45) is 3.30. The first-order valence-electron chi connectivity index (χ1n) is 3.79. The van der Waals surface area contributed by atoms with E-state index in [-0.39, 0.29) is 0 Å². The Balaban J connectivity index is 2.51. The van der Waals surface area contributed by atoms with Gasteiger partial charge in [-0.05, 0) is 19.3 Å². The zero-order valence-corrected chi connectivity index (χ0v) is 6.18. The van der Waals surface area contributed by atoms with Gasteiger partial charge in [0.05, 0.1) is 0 Å². The summed E-state index contributed by atoms with van der Waals surface area (Å²) in [5, 5.41) is 0. The van der Waals surface area contributed by atoms with E-state index in [0.29, 0.717) is 17.6 Å². The Hall–Kier alpha value is -0.330. The zero-order chi connectivity index (χ0) is 6.85. The molecular formula is C8H14O. The zero-order valence-electron chi connectivity index (χ0n) is 6.18. The first-order chi connectivity index (χ1) is 4.25. The van der Waals surface area contributed by atoms with Crippen LogP contribution in [0.25, 0.3) is 0 Å². The van der Waals surface area contributed by atoms with Crippen molar-refractivity contribution in [3.63, 3.8) is 0 Å². The lowest BCUT2D eigenvalue weighted by Gasteiger charge is -2.01. The third-order valence-corrected chi connectivity index (χ3v) is 2.33. The van der Waals surface area contributed by atoms with Crippen LogP contribution >= 0.6 is 0 Å². The topological polar surface area (TPSA) is 17.1 Å². The van der Waals surface area contributed by atoms with E-state index in [4.69, 9.17) is 0 Å². The molecule has 9 heavy (non-hydrogen) atoms. The minimum Gasteiger partial charge on any atom is -0.299 e. The van der Waals surface area contributed by atoms with E-state index in [1.807, 2.05) is 6.92 Å². The quantitative estimate of drug-likeness (QED) is 0.525. The molecular weight excluding hydrogens is 112 g/mol. The normalized spacial score (nSPS) is 35.6. The van der Waals surface area contributed by atoms with E-state index >= 15 is 0 Å². The van der Waals surface area contributed by atoms with E-state index in [1.165, 1.54) is 0 Å².